The highest BCUT2D eigenvalue weighted by molar-refractivity contribution is 9.10. The summed E-state index contributed by atoms with van der Waals surface area (Å²) in [4.78, 5) is 12.5. The first kappa shape index (κ1) is 16.8. The summed E-state index contributed by atoms with van der Waals surface area (Å²) in [5.41, 5.74) is 2.66. The lowest BCUT2D eigenvalue weighted by molar-refractivity contribution is 0.262. The minimum atomic E-state index is -0.302. The Labute approximate surface area is 160 Å². The van der Waals surface area contributed by atoms with Gasteiger partial charge < -0.3 is 5.32 Å². The second kappa shape index (κ2) is 6.96. The van der Waals surface area contributed by atoms with Crippen LogP contribution in [0.4, 0.5) is 16.3 Å². The van der Waals surface area contributed by atoms with Crippen molar-refractivity contribution in [1.82, 2.24) is 9.78 Å². The number of para-hydroxylation sites is 2. The SMILES string of the molecule is CC1CC1c1cc(NC(=O)Nc2ccccc2Br)n(-c2ccccc2)n1. The van der Waals surface area contributed by atoms with E-state index in [0.717, 1.165) is 22.3 Å². The second-order valence-corrected chi connectivity index (χ2v) is 7.43. The molecule has 26 heavy (non-hydrogen) atoms. The van der Waals surface area contributed by atoms with Crippen molar-refractivity contribution < 1.29 is 4.79 Å². The first-order valence-corrected chi connectivity index (χ1v) is 9.39. The van der Waals surface area contributed by atoms with E-state index < -0.39 is 0 Å². The molecule has 1 saturated carbocycles. The van der Waals surface area contributed by atoms with Gasteiger partial charge in [0.1, 0.15) is 5.82 Å². The summed E-state index contributed by atoms with van der Waals surface area (Å²) in [7, 11) is 0. The van der Waals surface area contributed by atoms with Crippen molar-refractivity contribution in [2.75, 3.05) is 10.6 Å². The van der Waals surface area contributed by atoms with Gasteiger partial charge in [0.05, 0.1) is 17.1 Å². The van der Waals surface area contributed by atoms with Crippen LogP contribution in [-0.2, 0) is 0 Å². The molecule has 4 rings (SSSR count). The maximum absolute atomic E-state index is 12.5. The van der Waals surface area contributed by atoms with Gasteiger partial charge in [0.15, 0.2) is 0 Å². The average Bonchev–Trinajstić information content (AvgIpc) is 3.23. The van der Waals surface area contributed by atoms with E-state index in [1.807, 2.05) is 60.7 Å². The van der Waals surface area contributed by atoms with Crippen LogP contribution in [0, 0.1) is 5.92 Å². The van der Waals surface area contributed by atoms with Crippen molar-refractivity contribution in [3.63, 3.8) is 0 Å². The number of amides is 2. The highest BCUT2D eigenvalue weighted by atomic mass is 79.9. The Balaban J connectivity index is 1.59. The Kier molecular flexibility index (Phi) is 4.51. The summed E-state index contributed by atoms with van der Waals surface area (Å²) in [6.45, 7) is 2.22. The molecule has 1 heterocycles. The number of benzene rings is 2. The molecule has 0 radical (unpaired) electrons. The number of hydrogen-bond acceptors (Lipinski definition) is 2. The lowest BCUT2D eigenvalue weighted by Gasteiger charge is -2.11. The summed E-state index contributed by atoms with van der Waals surface area (Å²) in [5.74, 6) is 1.79. The van der Waals surface area contributed by atoms with Gasteiger partial charge in [-0.2, -0.15) is 5.10 Å². The highest BCUT2D eigenvalue weighted by Crippen LogP contribution is 2.47. The molecule has 2 atom stereocenters. The molecular weight excluding hydrogens is 392 g/mol. The van der Waals surface area contributed by atoms with Crippen LogP contribution < -0.4 is 10.6 Å². The van der Waals surface area contributed by atoms with E-state index in [1.54, 1.807) is 4.68 Å². The fraction of sp³-hybridized carbons (Fsp3) is 0.200. The normalized spacial score (nSPS) is 18.4. The Morgan fingerprint density at radius 3 is 2.50 bits per heavy atom. The number of hydrogen-bond donors (Lipinski definition) is 2. The summed E-state index contributed by atoms with van der Waals surface area (Å²) in [6, 6.07) is 19.0. The summed E-state index contributed by atoms with van der Waals surface area (Å²) in [6.07, 6.45) is 1.15. The smallest absolute Gasteiger partial charge is 0.307 e. The highest BCUT2D eigenvalue weighted by Gasteiger charge is 2.36. The predicted octanol–water partition coefficient (Wildman–Crippen LogP) is 5.40. The van der Waals surface area contributed by atoms with Crippen molar-refractivity contribution in [3.05, 3.63) is 70.8 Å². The van der Waals surface area contributed by atoms with E-state index in [-0.39, 0.29) is 6.03 Å². The van der Waals surface area contributed by atoms with Crippen LogP contribution in [-0.4, -0.2) is 15.8 Å². The third-order valence-corrected chi connectivity index (χ3v) is 5.27. The molecular formula is C20H19BrN4O. The van der Waals surface area contributed by atoms with Gasteiger partial charge in [-0.05, 0) is 52.5 Å². The van der Waals surface area contributed by atoms with Gasteiger partial charge in [0.2, 0.25) is 0 Å². The van der Waals surface area contributed by atoms with Crippen LogP contribution in [0.1, 0.15) is 25.0 Å². The monoisotopic (exact) mass is 410 g/mol. The maximum Gasteiger partial charge on any atom is 0.324 e. The number of aromatic nitrogens is 2. The minimum Gasteiger partial charge on any atom is -0.307 e. The third kappa shape index (κ3) is 3.51. The first-order chi connectivity index (χ1) is 12.6. The maximum atomic E-state index is 12.5. The Morgan fingerprint density at radius 2 is 1.81 bits per heavy atom. The van der Waals surface area contributed by atoms with Gasteiger partial charge in [-0.3, -0.25) is 5.32 Å². The van der Waals surface area contributed by atoms with Crippen LogP contribution in [0.25, 0.3) is 5.69 Å². The lowest BCUT2D eigenvalue weighted by atomic mass is 10.2. The molecule has 1 fully saturated rings. The number of urea groups is 1. The van der Waals surface area contributed by atoms with Crippen LogP contribution in [0.5, 0.6) is 0 Å². The fourth-order valence-electron chi connectivity index (χ4n) is 3.00. The number of halogens is 1. The molecule has 0 aliphatic heterocycles. The topological polar surface area (TPSA) is 59.0 Å². The van der Waals surface area contributed by atoms with Crippen molar-refractivity contribution in [3.8, 4) is 5.69 Å². The van der Waals surface area contributed by atoms with E-state index in [4.69, 9.17) is 5.10 Å². The zero-order chi connectivity index (χ0) is 18.1. The van der Waals surface area contributed by atoms with Crippen molar-refractivity contribution >= 4 is 33.5 Å². The lowest BCUT2D eigenvalue weighted by Crippen LogP contribution is -2.21. The van der Waals surface area contributed by atoms with Crippen LogP contribution >= 0.6 is 15.9 Å². The summed E-state index contributed by atoms with van der Waals surface area (Å²) in [5, 5.41) is 10.5. The first-order valence-electron chi connectivity index (χ1n) is 8.60. The molecule has 2 unspecified atom stereocenters. The minimum absolute atomic E-state index is 0.302. The molecule has 0 saturated heterocycles. The van der Waals surface area contributed by atoms with Crippen LogP contribution in [0.15, 0.2) is 65.1 Å². The van der Waals surface area contributed by atoms with Crippen molar-refractivity contribution in [2.45, 2.75) is 19.3 Å². The quantitative estimate of drug-likeness (QED) is 0.604. The molecule has 6 heteroatoms. The molecule has 132 valence electrons. The third-order valence-electron chi connectivity index (χ3n) is 4.58. The van der Waals surface area contributed by atoms with Gasteiger partial charge in [0, 0.05) is 16.5 Å². The van der Waals surface area contributed by atoms with Gasteiger partial charge in [0.25, 0.3) is 0 Å². The van der Waals surface area contributed by atoms with E-state index >= 15 is 0 Å². The van der Waals surface area contributed by atoms with E-state index in [0.29, 0.717) is 23.3 Å². The number of nitrogens with zero attached hydrogens (tertiary/aromatic N) is 2. The molecule has 2 aromatic carbocycles. The molecule has 3 aromatic rings. The largest absolute Gasteiger partial charge is 0.324 e. The number of nitrogens with one attached hydrogen (secondary N) is 2. The Hall–Kier alpha value is -2.60. The van der Waals surface area contributed by atoms with Crippen LogP contribution in [0.3, 0.4) is 0 Å². The number of rotatable bonds is 4. The zero-order valence-electron chi connectivity index (χ0n) is 14.3. The zero-order valence-corrected chi connectivity index (χ0v) is 15.9. The average molecular weight is 411 g/mol. The van der Waals surface area contributed by atoms with Gasteiger partial charge in [-0.1, -0.05) is 37.3 Å². The van der Waals surface area contributed by atoms with Gasteiger partial charge in [-0.15, -0.1) is 0 Å². The Bertz CT molecular complexity index is 938. The molecule has 1 aromatic heterocycles. The molecule has 2 amide bonds. The fourth-order valence-corrected chi connectivity index (χ4v) is 3.39. The van der Waals surface area contributed by atoms with Gasteiger partial charge >= 0.3 is 6.03 Å². The molecule has 1 aliphatic rings. The molecule has 5 nitrogen and oxygen atoms in total. The standard InChI is InChI=1S/C20H19BrN4O/c1-13-11-15(13)18-12-19(25(24-18)14-7-3-2-4-8-14)23-20(26)22-17-10-6-5-9-16(17)21/h2-10,12-13,15H,11H2,1H3,(H2,22,23,26). The summed E-state index contributed by atoms with van der Waals surface area (Å²) < 4.78 is 2.62. The van der Waals surface area contributed by atoms with Crippen molar-refractivity contribution in [2.24, 2.45) is 5.92 Å². The molecule has 1 aliphatic carbocycles. The number of anilines is 2. The molecule has 2 N–H and O–H groups in total. The van der Waals surface area contributed by atoms with E-state index in [2.05, 4.69) is 33.5 Å². The Morgan fingerprint density at radius 1 is 1.12 bits per heavy atom. The van der Waals surface area contributed by atoms with E-state index in [1.165, 1.54) is 0 Å². The summed E-state index contributed by atoms with van der Waals surface area (Å²) >= 11 is 3.44. The molecule has 0 spiro atoms. The number of carbonyl (C=O) groups is 1. The number of carbonyl (C=O) groups excluding carboxylic acids is 1. The van der Waals surface area contributed by atoms with Gasteiger partial charge in [-0.25, -0.2) is 9.48 Å². The second-order valence-electron chi connectivity index (χ2n) is 6.58. The van der Waals surface area contributed by atoms with E-state index in [9.17, 15) is 4.79 Å². The van der Waals surface area contributed by atoms with Crippen LogP contribution in [0.2, 0.25) is 0 Å². The van der Waals surface area contributed by atoms with Crippen molar-refractivity contribution in [1.29, 1.82) is 0 Å². The predicted molar refractivity (Wildman–Crippen MR) is 107 cm³/mol. The molecule has 0 bridgehead atoms.